The van der Waals surface area contributed by atoms with Crippen molar-refractivity contribution in [2.75, 3.05) is 20.3 Å². The quantitative estimate of drug-likeness (QED) is 0.869. The number of nitrogens with zero attached hydrogens (tertiary/aromatic N) is 1. The molecule has 4 heteroatoms. The minimum absolute atomic E-state index is 0.0321. The Morgan fingerprint density at radius 2 is 1.85 bits per heavy atom. The summed E-state index contributed by atoms with van der Waals surface area (Å²) in [4.78, 5) is 13.6. The Labute approximate surface area is 121 Å². The van der Waals surface area contributed by atoms with Crippen LogP contribution in [0.1, 0.15) is 31.4 Å². The molecule has 0 heterocycles. The standard InChI is InChI=1S/C16H25NO3/c1-12-7-6-8-13(2)15(12)20-10-9-14(19)17(5)16(3,4)11-18/h6-8,18H,9-11H2,1-5H3. The lowest BCUT2D eigenvalue weighted by molar-refractivity contribution is -0.136. The number of ether oxygens (including phenoxy) is 1. The molecule has 0 saturated heterocycles. The predicted molar refractivity (Wildman–Crippen MR) is 80.0 cm³/mol. The normalized spacial score (nSPS) is 11.3. The molecule has 1 amide bonds. The molecule has 1 aromatic rings. The minimum Gasteiger partial charge on any atom is -0.493 e. The number of aliphatic hydroxyl groups excluding tert-OH is 1. The lowest BCUT2D eigenvalue weighted by atomic mass is 10.0. The van der Waals surface area contributed by atoms with Crippen molar-refractivity contribution in [1.82, 2.24) is 4.90 Å². The smallest absolute Gasteiger partial charge is 0.226 e. The Morgan fingerprint density at radius 3 is 2.35 bits per heavy atom. The molecule has 1 aromatic carbocycles. The van der Waals surface area contributed by atoms with E-state index in [1.54, 1.807) is 11.9 Å². The van der Waals surface area contributed by atoms with Crippen LogP contribution in [0.2, 0.25) is 0 Å². The summed E-state index contributed by atoms with van der Waals surface area (Å²) in [6.45, 7) is 7.92. The number of aliphatic hydroxyl groups is 1. The summed E-state index contributed by atoms with van der Waals surface area (Å²) in [5.41, 5.74) is 1.60. The second-order valence-corrected chi connectivity index (χ2v) is 5.74. The van der Waals surface area contributed by atoms with Crippen LogP contribution in [0, 0.1) is 13.8 Å². The van der Waals surface area contributed by atoms with Gasteiger partial charge in [0.15, 0.2) is 0 Å². The number of carbonyl (C=O) groups is 1. The second-order valence-electron chi connectivity index (χ2n) is 5.74. The molecule has 20 heavy (non-hydrogen) atoms. The molecule has 0 spiro atoms. The SMILES string of the molecule is Cc1cccc(C)c1OCCC(=O)N(C)C(C)(C)CO. The fourth-order valence-electron chi connectivity index (χ4n) is 1.88. The van der Waals surface area contributed by atoms with Gasteiger partial charge in [0.2, 0.25) is 5.91 Å². The zero-order chi connectivity index (χ0) is 15.3. The van der Waals surface area contributed by atoms with Gasteiger partial charge in [-0.3, -0.25) is 4.79 Å². The molecule has 0 aromatic heterocycles. The molecule has 4 nitrogen and oxygen atoms in total. The van der Waals surface area contributed by atoms with E-state index in [0.29, 0.717) is 13.0 Å². The third-order valence-electron chi connectivity index (χ3n) is 3.64. The highest BCUT2D eigenvalue weighted by Crippen LogP contribution is 2.22. The molecular weight excluding hydrogens is 254 g/mol. The third-order valence-corrected chi connectivity index (χ3v) is 3.64. The van der Waals surface area contributed by atoms with Crippen LogP contribution in [-0.2, 0) is 4.79 Å². The topological polar surface area (TPSA) is 49.8 Å². The zero-order valence-electron chi connectivity index (χ0n) is 13.1. The molecule has 0 fully saturated rings. The van der Waals surface area contributed by atoms with Gasteiger partial charge in [0.25, 0.3) is 0 Å². The molecule has 0 atom stereocenters. The fraction of sp³-hybridized carbons (Fsp3) is 0.562. The number of likely N-dealkylation sites (N-methyl/N-ethyl adjacent to an activating group) is 1. The van der Waals surface area contributed by atoms with Gasteiger partial charge in [0.05, 0.1) is 25.2 Å². The number of rotatable bonds is 6. The minimum atomic E-state index is -0.546. The highest BCUT2D eigenvalue weighted by molar-refractivity contribution is 5.76. The molecular formula is C16H25NO3. The highest BCUT2D eigenvalue weighted by Gasteiger charge is 2.26. The van der Waals surface area contributed by atoms with Gasteiger partial charge in [-0.25, -0.2) is 0 Å². The molecule has 0 radical (unpaired) electrons. The van der Waals surface area contributed by atoms with Gasteiger partial charge in [0.1, 0.15) is 5.75 Å². The molecule has 0 unspecified atom stereocenters. The number of hydrogen-bond acceptors (Lipinski definition) is 3. The number of para-hydroxylation sites is 1. The first-order chi connectivity index (χ1) is 9.29. The first kappa shape index (κ1) is 16.5. The molecule has 1 N–H and O–H groups in total. The number of benzene rings is 1. The van der Waals surface area contributed by atoms with Gasteiger partial charge in [-0.1, -0.05) is 18.2 Å². The summed E-state index contributed by atoms with van der Waals surface area (Å²) < 4.78 is 5.72. The van der Waals surface area contributed by atoms with Crippen molar-refractivity contribution in [3.63, 3.8) is 0 Å². The highest BCUT2D eigenvalue weighted by atomic mass is 16.5. The molecule has 1 rings (SSSR count). The summed E-state index contributed by atoms with van der Waals surface area (Å²) in [5, 5.41) is 9.26. The lowest BCUT2D eigenvalue weighted by Gasteiger charge is -2.34. The van der Waals surface area contributed by atoms with Gasteiger partial charge in [0, 0.05) is 7.05 Å². The van der Waals surface area contributed by atoms with E-state index in [9.17, 15) is 9.90 Å². The average Bonchev–Trinajstić information content (AvgIpc) is 2.41. The van der Waals surface area contributed by atoms with E-state index in [1.165, 1.54) is 0 Å². The number of carbonyl (C=O) groups excluding carboxylic acids is 1. The van der Waals surface area contributed by atoms with Crippen LogP contribution in [0.15, 0.2) is 18.2 Å². The number of aryl methyl sites for hydroxylation is 2. The molecule has 0 aliphatic carbocycles. The number of amides is 1. The predicted octanol–water partition coefficient (Wildman–Crippen LogP) is 2.30. The Kier molecular flexibility index (Phi) is 5.57. The zero-order valence-corrected chi connectivity index (χ0v) is 13.1. The van der Waals surface area contributed by atoms with E-state index < -0.39 is 5.54 Å². The van der Waals surface area contributed by atoms with Crippen molar-refractivity contribution < 1.29 is 14.6 Å². The van der Waals surface area contributed by atoms with Crippen LogP contribution < -0.4 is 4.74 Å². The Morgan fingerprint density at radius 1 is 1.30 bits per heavy atom. The van der Waals surface area contributed by atoms with Crippen molar-refractivity contribution in [3.05, 3.63) is 29.3 Å². The van der Waals surface area contributed by atoms with Crippen molar-refractivity contribution in [3.8, 4) is 5.75 Å². The summed E-state index contributed by atoms with van der Waals surface area (Å²) in [6.07, 6.45) is 0.299. The van der Waals surface area contributed by atoms with E-state index in [0.717, 1.165) is 16.9 Å². The van der Waals surface area contributed by atoms with Crippen molar-refractivity contribution >= 4 is 5.91 Å². The average molecular weight is 279 g/mol. The Balaban J connectivity index is 2.55. The van der Waals surface area contributed by atoms with Crippen LogP contribution in [0.25, 0.3) is 0 Å². The first-order valence-corrected chi connectivity index (χ1v) is 6.86. The van der Waals surface area contributed by atoms with E-state index in [1.807, 2.05) is 45.9 Å². The monoisotopic (exact) mass is 279 g/mol. The first-order valence-electron chi connectivity index (χ1n) is 6.86. The molecule has 0 bridgehead atoms. The van der Waals surface area contributed by atoms with Gasteiger partial charge in [-0.05, 0) is 38.8 Å². The van der Waals surface area contributed by atoms with Crippen molar-refractivity contribution in [2.24, 2.45) is 0 Å². The van der Waals surface area contributed by atoms with Crippen LogP contribution in [0.5, 0.6) is 5.75 Å². The maximum atomic E-state index is 12.0. The maximum absolute atomic E-state index is 12.0. The van der Waals surface area contributed by atoms with Gasteiger partial charge < -0.3 is 14.7 Å². The summed E-state index contributed by atoms with van der Waals surface area (Å²) in [5.74, 6) is 0.819. The lowest BCUT2D eigenvalue weighted by Crippen LogP contribution is -2.47. The molecule has 0 aliphatic rings. The molecule has 0 saturated carbocycles. The van der Waals surface area contributed by atoms with Crippen LogP contribution in [0.4, 0.5) is 0 Å². The second kappa shape index (κ2) is 6.75. The van der Waals surface area contributed by atoms with Gasteiger partial charge >= 0.3 is 0 Å². The van der Waals surface area contributed by atoms with Crippen LogP contribution >= 0.6 is 0 Å². The summed E-state index contributed by atoms with van der Waals surface area (Å²) >= 11 is 0. The van der Waals surface area contributed by atoms with E-state index in [-0.39, 0.29) is 12.5 Å². The van der Waals surface area contributed by atoms with E-state index >= 15 is 0 Å². The molecule has 112 valence electrons. The fourth-order valence-corrected chi connectivity index (χ4v) is 1.88. The van der Waals surface area contributed by atoms with Crippen molar-refractivity contribution in [1.29, 1.82) is 0 Å². The van der Waals surface area contributed by atoms with Crippen LogP contribution in [-0.4, -0.2) is 41.7 Å². The summed E-state index contributed by atoms with van der Waals surface area (Å²) in [7, 11) is 1.71. The van der Waals surface area contributed by atoms with Gasteiger partial charge in [-0.2, -0.15) is 0 Å². The summed E-state index contributed by atoms with van der Waals surface area (Å²) in [6, 6.07) is 5.97. The third kappa shape index (κ3) is 3.97. The molecule has 0 aliphatic heterocycles. The van der Waals surface area contributed by atoms with E-state index in [4.69, 9.17) is 4.74 Å². The van der Waals surface area contributed by atoms with Crippen molar-refractivity contribution in [2.45, 2.75) is 39.7 Å². The van der Waals surface area contributed by atoms with E-state index in [2.05, 4.69) is 0 Å². The van der Waals surface area contributed by atoms with Gasteiger partial charge in [-0.15, -0.1) is 0 Å². The maximum Gasteiger partial charge on any atom is 0.226 e. The number of hydrogen-bond donors (Lipinski definition) is 1. The largest absolute Gasteiger partial charge is 0.493 e. The van der Waals surface area contributed by atoms with Crippen LogP contribution in [0.3, 0.4) is 0 Å². The Bertz CT molecular complexity index is 449. The Hall–Kier alpha value is -1.55.